The number of carbonyl (C=O) groups is 2. The maximum Gasteiger partial charge on any atom is 0.245 e. The third kappa shape index (κ3) is 4.19. The highest BCUT2D eigenvalue weighted by Crippen LogP contribution is 2.53. The second-order valence-electron chi connectivity index (χ2n) is 10.4. The first-order chi connectivity index (χ1) is 14.6. The molecule has 0 unspecified atom stereocenters. The van der Waals surface area contributed by atoms with Crippen LogP contribution < -0.4 is 10.1 Å². The minimum absolute atomic E-state index is 0.0192. The minimum atomic E-state index is -0.476. The van der Waals surface area contributed by atoms with Crippen molar-refractivity contribution in [2.24, 2.45) is 17.8 Å². The Balaban J connectivity index is 1.52. The van der Waals surface area contributed by atoms with E-state index in [1.54, 1.807) is 0 Å². The van der Waals surface area contributed by atoms with Crippen molar-refractivity contribution >= 4 is 11.8 Å². The first kappa shape index (κ1) is 22.1. The van der Waals surface area contributed by atoms with Crippen molar-refractivity contribution in [1.29, 1.82) is 0 Å². The fraction of sp³-hybridized carbons (Fsp3) is 0.680. The summed E-state index contributed by atoms with van der Waals surface area (Å²) >= 11 is 0. The summed E-state index contributed by atoms with van der Waals surface area (Å²) in [4.78, 5) is 26.7. The summed E-state index contributed by atoms with van der Waals surface area (Å²) in [5.41, 5.74) is 2.00. The first-order valence-electron chi connectivity index (χ1n) is 11.6. The van der Waals surface area contributed by atoms with E-state index in [4.69, 9.17) is 9.47 Å². The molecule has 0 saturated carbocycles. The van der Waals surface area contributed by atoms with Gasteiger partial charge >= 0.3 is 0 Å². The summed E-state index contributed by atoms with van der Waals surface area (Å²) < 4.78 is 13.1. The molecule has 3 heterocycles. The number of amides is 2. The monoisotopic (exact) mass is 428 g/mol. The number of ether oxygens (including phenoxy) is 2. The number of benzene rings is 1. The Morgan fingerprint density at radius 2 is 2.00 bits per heavy atom. The van der Waals surface area contributed by atoms with E-state index < -0.39 is 6.04 Å². The van der Waals surface area contributed by atoms with Gasteiger partial charge in [0.25, 0.3) is 0 Å². The number of fused-ring (bicyclic) bond motifs is 4. The van der Waals surface area contributed by atoms with Crippen LogP contribution in [0, 0.1) is 24.7 Å². The summed E-state index contributed by atoms with van der Waals surface area (Å²) in [6, 6.07) is 5.91. The maximum atomic E-state index is 13.2. The molecule has 31 heavy (non-hydrogen) atoms. The lowest BCUT2D eigenvalue weighted by Gasteiger charge is -2.53. The van der Waals surface area contributed by atoms with Gasteiger partial charge in [-0.25, -0.2) is 0 Å². The molecule has 3 aliphatic rings. The Bertz CT molecular complexity index is 865. The average molecular weight is 429 g/mol. The van der Waals surface area contributed by atoms with Crippen LogP contribution in [0.2, 0.25) is 0 Å². The molecule has 0 aliphatic carbocycles. The number of carbonyl (C=O) groups excluding carboxylic acids is 2. The summed E-state index contributed by atoms with van der Waals surface area (Å²) in [7, 11) is 0. The molecule has 6 heteroatoms. The third-order valence-corrected chi connectivity index (χ3v) is 7.25. The zero-order valence-electron chi connectivity index (χ0n) is 19.6. The van der Waals surface area contributed by atoms with Gasteiger partial charge in [-0.1, -0.05) is 26.0 Å². The lowest BCUT2D eigenvalue weighted by atomic mass is 9.70. The molecule has 0 spiro atoms. The lowest BCUT2D eigenvalue weighted by Crippen LogP contribution is -2.58. The van der Waals surface area contributed by atoms with Gasteiger partial charge in [0.15, 0.2) is 0 Å². The normalized spacial score (nSPS) is 29.8. The molecule has 0 bridgehead atoms. The Labute approximate surface area is 185 Å². The van der Waals surface area contributed by atoms with E-state index in [0.717, 1.165) is 24.2 Å². The summed E-state index contributed by atoms with van der Waals surface area (Å²) in [6.07, 6.45) is 1.97. The van der Waals surface area contributed by atoms with Crippen LogP contribution in [-0.4, -0.2) is 47.6 Å². The number of aryl methyl sites for hydroxylation is 1. The van der Waals surface area contributed by atoms with Crippen LogP contribution in [0.4, 0.5) is 0 Å². The average Bonchev–Trinajstić information content (AvgIpc) is 2.69. The van der Waals surface area contributed by atoms with Gasteiger partial charge in [0.2, 0.25) is 11.8 Å². The Morgan fingerprint density at radius 1 is 1.26 bits per heavy atom. The van der Waals surface area contributed by atoms with Gasteiger partial charge < -0.3 is 19.7 Å². The van der Waals surface area contributed by atoms with Crippen molar-refractivity contribution < 1.29 is 19.1 Å². The Hall–Kier alpha value is -2.08. The number of hydrogen-bond acceptors (Lipinski definition) is 4. The molecular weight excluding hydrogens is 392 g/mol. The molecule has 4 rings (SSSR count). The molecule has 0 aromatic heterocycles. The predicted octanol–water partition coefficient (Wildman–Crippen LogP) is 3.62. The van der Waals surface area contributed by atoms with E-state index in [1.165, 1.54) is 12.5 Å². The highest BCUT2D eigenvalue weighted by atomic mass is 16.5. The van der Waals surface area contributed by atoms with Crippen molar-refractivity contribution in [3.8, 4) is 5.75 Å². The Morgan fingerprint density at radius 3 is 2.68 bits per heavy atom. The number of likely N-dealkylation sites (tertiary alicyclic amines) is 1. The van der Waals surface area contributed by atoms with Gasteiger partial charge in [-0.05, 0) is 51.2 Å². The first-order valence-corrected chi connectivity index (χ1v) is 11.6. The number of rotatable bonds is 3. The zero-order chi connectivity index (χ0) is 22.5. The van der Waals surface area contributed by atoms with Crippen LogP contribution >= 0.6 is 0 Å². The standard InChI is InChI=1S/C25H36N2O4/c1-14(2)22(26-16(4)28)24(29)27-10-9-20-17(13-27)12-19-23(30-20)18-8-7-15(3)11-21(18)31-25(19,5)6/h7-8,11,14,17,19-20,22-23H,9-10,12-13H2,1-6H3,(H,26,28)/t17-,19+,20+,22-,23-/m1/s1. The van der Waals surface area contributed by atoms with Crippen LogP contribution in [0.5, 0.6) is 5.75 Å². The van der Waals surface area contributed by atoms with Crippen LogP contribution in [-0.2, 0) is 14.3 Å². The topological polar surface area (TPSA) is 67.9 Å². The minimum Gasteiger partial charge on any atom is -0.487 e. The fourth-order valence-electron chi connectivity index (χ4n) is 5.54. The highest BCUT2D eigenvalue weighted by molar-refractivity contribution is 5.87. The fourth-order valence-corrected chi connectivity index (χ4v) is 5.54. The third-order valence-electron chi connectivity index (χ3n) is 7.25. The molecule has 3 aliphatic heterocycles. The van der Waals surface area contributed by atoms with E-state index >= 15 is 0 Å². The zero-order valence-corrected chi connectivity index (χ0v) is 19.6. The Kier molecular flexibility index (Phi) is 5.80. The van der Waals surface area contributed by atoms with E-state index in [2.05, 4.69) is 44.3 Å². The largest absolute Gasteiger partial charge is 0.487 e. The van der Waals surface area contributed by atoms with Gasteiger partial charge in [0.05, 0.1) is 12.2 Å². The van der Waals surface area contributed by atoms with Gasteiger partial charge in [0, 0.05) is 37.4 Å². The van der Waals surface area contributed by atoms with Crippen molar-refractivity contribution in [2.75, 3.05) is 13.1 Å². The van der Waals surface area contributed by atoms with Gasteiger partial charge in [-0.15, -0.1) is 0 Å². The molecule has 6 nitrogen and oxygen atoms in total. The van der Waals surface area contributed by atoms with Crippen molar-refractivity contribution in [3.63, 3.8) is 0 Å². The molecule has 1 N–H and O–H groups in total. The predicted molar refractivity (Wildman–Crippen MR) is 119 cm³/mol. The summed E-state index contributed by atoms with van der Waals surface area (Å²) in [6.45, 7) is 13.1. The quantitative estimate of drug-likeness (QED) is 0.798. The number of nitrogens with one attached hydrogen (secondary N) is 1. The van der Waals surface area contributed by atoms with Crippen LogP contribution in [0.15, 0.2) is 18.2 Å². The molecule has 170 valence electrons. The second-order valence-corrected chi connectivity index (χ2v) is 10.4. The smallest absolute Gasteiger partial charge is 0.245 e. The number of nitrogens with zero attached hydrogens (tertiary/aromatic N) is 1. The van der Waals surface area contributed by atoms with Crippen LogP contribution in [0.3, 0.4) is 0 Å². The number of piperidine rings is 1. The molecule has 2 saturated heterocycles. The second kappa shape index (κ2) is 8.12. The van der Waals surface area contributed by atoms with Gasteiger partial charge in [-0.3, -0.25) is 9.59 Å². The molecular formula is C25H36N2O4. The lowest BCUT2D eigenvalue weighted by molar-refractivity contribution is -0.189. The van der Waals surface area contributed by atoms with Crippen LogP contribution in [0.1, 0.15) is 64.7 Å². The van der Waals surface area contributed by atoms with Gasteiger partial charge in [0.1, 0.15) is 17.4 Å². The van der Waals surface area contributed by atoms with Crippen molar-refractivity contribution in [1.82, 2.24) is 10.2 Å². The summed E-state index contributed by atoms with van der Waals surface area (Å²) in [5, 5.41) is 2.84. The molecule has 1 aromatic rings. The number of hydrogen-bond donors (Lipinski definition) is 1. The van der Waals surface area contributed by atoms with E-state index in [1.807, 2.05) is 18.7 Å². The van der Waals surface area contributed by atoms with E-state index in [9.17, 15) is 9.59 Å². The molecule has 2 fully saturated rings. The van der Waals surface area contributed by atoms with Gasteiger partial charge in [-0.2, -0.15) is 0 Å². The molecule has 2 amide bonds. The molecule has 0 radical (unpaired) electrons. The maximum absolute atomic E-state index is 13.2. The molecule has 5 atom stereocenters. The van der Waals surface area contributed by atoms with E-state index in [0.29, 0.717) is 13.1 Å². The summed E-state index contributed by atoms with van der Waals surface area (Å²) in [5.74, 6) is 1.35. The molecule has 1 aromatic carbocycles. The van der Waals surface area contributed by atoms with Crippen molar-refractivity contribution in [2.45, 2.75) is 78.2 Å². The SMILES string of the molecule is CC(=O)N[C@@H](C(=O)N1CC[C@@H]2O[C@@H]3c4ccc(C)cc4OC(C)(C)[C@H]3C[C@@H]2C1)C(C)C. The van der Waals surface area contributed by atoms with Crippen LogP contribution in [0.25, 0.3) is 0 Å². The van der Waals surface area contributed by atoms with E-state index in [-0.39, 0.29) is 47.4 Å². The van der Waals surface area contributed by atoms with Crippen molar-refractivity contribution in [3.05, 3.63) is 29.3 Å². The highest BCUT2D eigenvalue weighted by Gasteiger charge is 2.51.